The molecule has 0 aliphatic heterocycles. The molecule has 4 rings (SSSR count). The molecule has 0 unspecified atom stereocenters. The van der Waals surface area contributed by atoms with Crippen LogP contribution in [-0.4, -0.2) is 24.5 Å². The van der Waals surface area contributed by atoms with Gasteiger partial charge in [0.05, 0.1) is 0 Å². The number of aryl methyl sites for hydroxylation is 1. The topological polar surface area (TPSA) is 109 Å². The predicted octanol–water partition coefficient (Wildman–Crippen LogP) is 2.88. The Labute approximate surface area is 148 Å². The van der Waals surface area contributed by atoms with Crippen molar-refractivity contribution in [3.8, 4) is 22.6 Å². The minimum absolute atomic E-state index is 0.132. The standard InChI is InChI=1S/C18H16FN7/c1-2-26-16(11-7-8-22-13(20)9-11)23-15-14(24-18(21)25-17(15)26)10-3-5-12(19)6-4-10/h3-9H,2H2,1H3,(H2,20,22)(H2,21,24,25). The van der Waals surface area contributed by atoms with Gasteiger partial charge in [-0.1, -0.05) is 0 Å². The lowest BCUT2D eigenvalue weighted by atomic mass is 10.1. The first-order valence-electron chi connectivity index (χ1n) is 8.08. The number of benzene rings is 1. The Hall–Kier alpha value is -3.55. The van der Waals surface area contributed by atoms with Gasteiger partial charge in [-0.25, -0.2) is 19.3 Å². The molecule has 0 fully saturated rings. The van der Waals surface area contributed by atoms with Gasteiger partial charge in [-0.15, -0.1) is 0 Å². The average Bonchev–Trinajstić information content (AvgIpc) is 3.00. The van der Waals surface area contributed by atoms with Gasteiger partial charge >= 0.3 is 0 Å². The van der Waals surface area contributed by atoms with Gasteiger partial charge in [0.2, 0.25) is 5.95 Å². The van der Waals surface area contributed by atoms with E-state index in [4.69, 9.17) is 16.5 Å². The van der Waals surface area contributed by atoms with E-state index in [-0.39, 0.29) is 11.8 Å². The molecule has 3 aromatic heterocycles. The molecule has 8 heteroatoms. The van der Waals surface area contributed by atoms with Crippen molar-refractivity contribution in [1.29, 1.82) is 0 Å². The van der Waals surface area contributed by atoms with Crippen molar-refractivity contribution in [1.82, 2.24) is 24.5 Å². The molecular weight excluding hydrogens is 333 g/mol. The number of hydrogen-bond donors (Lipinski definition) is 2. The van der Waals surface area contributed by atoms with Crippen molar-refractivity contribution in [2.24, 2.45) is 0 Å². The summed E-state index contributed by atoms with van der Waals surface area (Å²) in [7, 11) is 0. The van der Waals surface area contributed by atoms with E-state index in [2.05, 4.69) is 15.0 Å². The van der Waals surface area contributed by atoms with E-state index < -0.39 is 0 Å². The zero-order valence-electron chi connectivity index (χ0n) is 14.0. The number of anilines is 2. The molecule has 130 valence electrons. The van der Waals surface area contributed by atoms with Gasteiger partial charge in [0, 0.05) is 23.9 Å². The summed E-state index contributed by atoms with van der Waals surface area (Å²) in [6.07, 6.45) is 1.63. The first kappa shape index (κ1) is 15.9. The van der Waals surface area contributed by atoms with Crippen LogP contribution in [0.3, 0.4) is 0 Å². The zero-order valence-corrected chi connectivity index (χ0v) is 14.0. The number of nitrogens with two attached hydrogens (primary N) is 2. The fraction of sp³-hybridized carbons (Fsp3) is 0.111. The van der Waals surface area contributed by atoms with Gasteiger partial charge in [-0.2, -0.15) is 4.98 Å². The first-order valence-corrected chi connectivity index (χ1v) is 8.08. The second kappa shape index (κ2) is 6.07. The van der Waals surface area contributed by atoms with E-state index in [1.807, 2.05) is 17.6 Å². The average molecular weight is 349 g/mol. The Bertz CT molecular complexity index is 1100. The third kappa shape index (κ3) is 2.61. The fourth-order valence-electron chi connectivity index (χ4n) is 2.93. The zero-order chi connectivity index (χ0) is 18.3. The molecule has 0 bridgehead atoms. The smallest absolute Gasteiger partial charge is 0.222 e. The first-order chi connectivity index (χ1) is 12.6. The highest BCUT2D eigenvalue weighted by atomic mass is 19.1. The van der Waals surface area contributed by atoms with Crippen molar-refractivity contribution in [3.63, 3.8) is 0 Å². The van der Waals surface area contributed by atoms with E-state index in [1.54, 1.807) is 24.4 Å². The van der Waals surface area contributed by atoms with E-state index in [9.17, 15) is 4.39 Å². The van der Waals surface area contributed by atoms with Gasteiger partial charge in [0.25, 0.3) is 0 Å². The van der Waals surface area contributed by atoms with Crippen LogP contribution in [0.4, 0.5) is 16.2 Å². The van der Waals surface area contributed by atoms with Crippen molar-refractivity contribution in [3.05, 3.63) is 48.4 Å². The highest BCUT2D eigenvalue weighted by Gasteiger charge is 2.19. The number of halogens is 1. The molecule has 0 radical (unpaired) electrons. The maximum atomic E-state index is 13.3. The summed E-state index contributed by atoms with van der Waals surface area (Å²) < 4.78 is 15.2. The molecule has 0 saturated carbocycles. The molecule has 3 heterocycles. The second-order valence-corrected chi connectivity index (χ2v) is 5.76. The van der Waals surface area contributed by atoms with Crippen LogP contribution >= 0.6 is 0 Å². The van der Waals surface area contributed by atoms with Gasteiger partial charge in [0.15, 0.2) is 5.65 Å². The number of hydrogen-bond acceptors (Lipinski definition) is 6. The number of nitrogen functional groups attached to an aromatic ring is 2. The lowest BCUT2D eigenvalue weighted by Gasteiger charge is -2.06. The third-order valence-corrected chi connectivity index (χ3v) is 4.09. The van der Waals surface area contributed by atoms with Gasteiger partial charge in [-0.3, -0.25) is 0 Å². The number of pyridine rings is 1. The van der Waals surface area contributed by atoms with Crippen LogP contribution in [-0.2, 0) is 6.54 Å². The van der Waals surface area contributed by atoms with Gasteiger partial charge in [-0.05, 0) is 43.3 Å². The number of nitrogens with zero attached hydrogens (tertiary/aromatic N) is 5. The third-order valence-electron chi connectivity index (χ3n) is 4.09. The molecule has 0 spiro atoms. The summed E-state index contributed by atoms with van der Waals surface area (Å²) in [5, 5.41) is 0. The van der Waals surface area contributed by atoms with Crippen LogP contribution in [0, 0.1) is 5.82 Å². The maximum Gasteiger partial charge on any atom is 0.222 e. The second-order valence-electron chi connectivity index (χ2n) is 5.76. The molecular formula is C18H16FN7. The highest BCUT2D eigenvalue weighted by Crippen LogP contribution is 2.31. The molecule has 7 nitrogen and oxygen atoms in total. The van der Waals surface area contributed by atoms with Crippen LogP contribution in [0.5, 0.6) is 0 Å². The monoisotopic (exact) mass is 349 g/mol. The summed E-state index contributed by atoms with van der Waals surface area (Å²) in [5.41, 5.74) is 15.0. The molecule has 0 aliphatic rings. The van der Waals surface area contributed by atoms with Gasteiger partial charge in [0.1, 0.15) is 28.7 Å². The molecule has 0 aliphatic carbocycles. The number of aromatic nitrogens is 5. The predicted molar refractivity (Wildman–Crippen MR) is 98.4 cm³/mol. The Balaban J connectivity index is 2.02. The molecule has 4 aromatic rings. The molecule has 1 aromatic carbocycles. The van der Waals surface area contributed by atoms with Crippen LogP contribution in [0.25, 0.3) is 33.8 Å². The van der Waals surface area contributed by atoms with Crippen molar-refractivity contribution in [2.45, 2.75) is 13.5 Å². The quantitative estimate of drug-likeness (QED) is 0.589. The van der Waals surface area contributed by atoms with E-state index >= 15 is 0 Å². The Morgan fingerprint density at radius 1 is 1.00 bits per heavy atom. The van der Waals surface area contributed by atoms with Crippen molar-refractivity contribution >= 4 is 22.9 Å². The van der Waals surface area contributed by atoms with Crippen LogP contribution in [0.2, 0.25) is 0 Å². The minimum atomic E-state index is -0.320. The summed E-state index contributed by atoms with van der Waals surface area (Å²) in [6.45, 7) is 2.62. The normalized spacial score (nSPS) is 11.2. The summed E-state index contributed by atoms with van der Waals surface area (Å²) in [6, 6.07) is 9.62. The van der Waals surface area contributed by atoms with Crippen LogP contribution in [0.1, 0.15) is 6.92 Å². The lowest BCUT2D eigenvalue weighted by molar-refractivity contribution is 0.628. The largest absolute Gasteiger partial charge is 0.384 e. The van der Waals surface area contributed by atoms with E-state index in [0.29, 0.717) is 40.6 Å². The summed E-state index contributed by atoms with van der Waals surface area (Å²) in [4.78, 5) is 17.5. The summed E-state index contributed by atoms with van der Waals surface area (Å²) in [5.74, 6) is 0.910. The molecule has 26 heavy (non-hydrogen) atoms. The van der Waals surface area contributed by atoms with Gasteiger partial charge < -0.3 is 16.0 Å². The van der Waals surface area contributed by atoms with Crippen LogP contribution < -0.4 is 11.5 Å². The number of fused-ring (bicyclic) bond motifs is 1. The highest BCUT2D eigenvalue weighted by molar-refractivity contribution is 5.90. The Morgan fingerprint density at radius 2 is 1.77 bits per heavy atom. The van der Waals surface area contributed by atoms with Crippen molar-refractivity contribution in [2.75, 3.05) is 11.5 Å². The van der Waals surface area contributed by atoms with E-state index in [1.165, 1.54) is 12.1 Å². The molecule has 0 amide bonds. The SMILES string of the molecule is CCn1c(-c2ccnc(N)c2)nc2c(-c3ccc(F)cc3)nc(N)nc21. The Kier molecular flexibility index (Phi) is 3.72. The minimum Gasteiger partial charge on any atom is -0.384 e. The molecule has 4 N–H and O–H groups in total. The molecule has 0 atom stereocenters. The van der Waals surface area contributed by atoms with Crippen LogP contribution in [0.15, 0.2) is 42.6 Å². The summed E-state index contributed by atoms with van der Waals surface area (Å²) >= 11 is 0. The van der Waals surface area contributed by atoms with E-state index in [0.717, 1.165) is 5.56 Å². The lowest BCUT2D eigenvalue weighted by Crippen LogP contribution is -2.02. The maximum absolute atomic E-state index is 13.3. The molecule has 0 saturated heterocycles. The number of rotatable bonds is 3. The Morgan fingerprint density at radius 3 is 2.46 bits per heavy atom. The number of imidazole rings is 1. The fourth-order valence-corrected chi connectivity index (χ4v) is 2.93. The van der Waals surface area contributed by atoms with Crippen molar-refractivity contribution < 1.29 is 4.39 Å².